The van der Waals surface area contributed by atoms with Gasteiger partial charge in [0.25, 0.3) is 0 Å². The van der Waals surface area contributed by atoms with Crippen LogP contribution in [0.25, 0.3) is 0 Å². The fraction of sp³-hybridized carbons (Fsp3) is 0.650. The minimum absolute atomic E-state index is 0.0501. The second-order valence-electron chi connectivity index (χ2n) is 7.95. The summed E-state index contributed by atoms with van der Waals surface area (Å²) in [6.07, 6.45) is 0.623. The van der Waals surface area contributed by atoms with Gasteiger partial charge in [-0.3, -0.25) is 9.69 Å². The van der Waals surface area contributed by atoms with Gasteiger partial charge in [-0.15, -0.1) is 0 Å². The van der Waals surface area contributed by atoms with E-state index < -0.39 is 0 Å². The van der Waals surface area contributed by atoms with Crippen LogP contribution in [0.3, 0.4) is 0 Å². The van der Waals surface area contributed by atoms with Crippen molar-refractivity contribution >= 4 is 5.91 Å². The highest BCUT2D eigenvalue weighted by atomic mass is 16.5. The molecule has 2 saturated heterocycles. The molecular weight excluding hydrogens is 300 g/mol. The van der Waals surface area contributed by atoms with Gasteiger partial charge in [0.2, 0.25) is 5.91 Å². The minimum atomic E-state index is -0.0501. The molecule has 24 heavy (non-hydrogen) atoms. The third-order valence-electron chi connectivity index (χ3n) is 5.29. The minimum Gasteiger partial charge on any atom is -0.379 e. The lowest BCUT2D eigenvalue weighted by molar-refractivity contribution is -0.128. The summed E-state index contributed by atoms with van der Waals surface area (Å²) in [5.74, 6) is 0.802. The summed E-state index contributed by atoms with van der Waals surface area (Å²) < 4.78 is 5.93. The molecule has 4 heteroatoms. The quantitative estimate of drug-likeness (QED) is 0.851. The van der Waals surface area contributed by atoms with Gasteiger partial charge in [-0.2, -0.15) is 0 Å². The monoisotopic (exact) mass is 330 g/mol. The Labute approximate surface area is 145 Å². The van der Waals surface area contributed by atoms with Crippen molar-refractivity contribution in [2.75, 3.05) is 39.4 Å². The van der Waals surface area contributed by atoms with Crippen LogP contribution in [-0.4, -0.2) is 55.1 Å². The van der Waals surface area contributed by atoms with Gasteiger partial charge in [0, 0.05) is 44.1 Å². The Bertz CT molecular complexity index is 560. The highest BCUT2D eigenvalue weighted by molar-refractivity contribution is 5.79. The highest BCUT2D eigenvalue weighted by Gasteiger charge is 2.46. The number of nitrogens with zero attached hydrogens (tertiary/aromatic N) is 2. The molecule has 0 N–H and O–H groups in total. The second-order valence-corrected chi connectivity index (χ2v) is 7.95. The lowest BCUT2D eigenvalue weighted by atomic mass is 9.86. The van der Waals surface area contributed by atoms with Crippen LogP contribution in [-0.2, 0) is 9.53 Å². The first-order chi connectivity index (χ1) is 11.5. The van der Waals surface area contributed by atoms with Gasteiger partial charge in [0.1, 0.15) is 0 Å². The van der Waals surface area contributed by atoms with Gasteiger partial charge in [-0.1, -0.05) is 44.2 Å². The van der Waals surface area contributed by atoms with Crippen molar-refractivity contribution < 1.29 is 9.53 Å². The zero-order valence-corrected chi connectivity index (χ0v) is 15.2. The molecule has 2 fully saturated rings. The van der Waals surface area contributed by atoms with Crippen molar-refractivity contribution in [1.29, 1.82) is 0 Å². The number of rotatable bonds is 4. The normalized spacial score (nSPS) is 27.0. The largest absolute Gasteiger partial charge is 0.379 e. The third kappa shape index (κ3) is 3.81. The molecule has 2 aliphatic rings. The van der Waals surface area contributed by atoms with E-state index in [0.29, 0.717) is 30.9 Å². The maximum atomic E-state index is 12.5. The zero-order chi connectivity index (χ0) is 17.2. The second kappa shape index (κ2) is 7.24. The third-order valence-corrected chi connectivity index (χ3v) is 5.29. The average molecular weight is 330 g/mol. The van der Waals surface area contributed by atoms with E-state index in [1.54, 1.807) is 0 Å². The Hall–Kier alpha value is -1.39. The van der Waals surface area contributed by atoms with Crippen molar-refractivity contribution in [3.05, 3.63) is 35.9 Å². The molecule has 2 aliphatic heterocycles. The molecule has 0 aliphatic carbocycles. The van der Waals surface area contributed by atoms with Crippen LogP contribution >= 0.6 is 0 Å². The number of hydrogen-bond acceptors (Lipinski definition) is 3. The topological polar surface area (TPSA) is 32.8 Å². The first-order valence-corrected chi connectivity index (χ1v) is 9.14. The van der Waals surface area contributed by atoms with Crippen LogP contribution in [0.1, 0.15) is 38.8 Å². The van der Waals surface area contributed by atoms with Gasteiger partial charge >= 0.3 is 0 Å². The Balaban J connectivity index is 1.74. The smallest absolute Gasteiger partial charge is 0.223 e. The van der Waals surface area contributed by atoms with Gasteiger partial charge in [0.15, 0.2) is 0 Å². The molecule has 2 atom stereocenters. The van der Waals surface area contributed by atoms with E-state index in [-0.39, 0.29) is 5.41 Å². The van der Waals surface area contributed by atoms with Crippen LogP contribution < -0.4 is 0 Å². The summed E-state index contributed by atoms with van der Waals surface area (Å²) in [6, 6.07) is 11.0. The molecule has 1 spiro atoms. The van der Waals surface area contributed by atoms with Crippen LogP contribution in [0.2, 0.25) is 0 Å². The summed E-state index contributed by atoms with van der Waals surface area (Å²) >= 11 is 0. The van der Waals surface area contributed by atoms with E-state index >= 15 is 0 Å². The average Bonchev–Trinajstić information content (AvgIpc) is 2.72. The maximum absolute atomic E-state index is 12.5. The van der Waals surface area contributed by atoms with Gasteiger partial charge in [-0.05, 0) is 18.4 Å². The van der Waals surface area contributed by atoms with Crippen LogP contribution in [0.4, 0.5) is 0 Å². The number of ether oxygens (including phenoxy) is 1. The number of carbonyl (C=O) groups excluding carboxylic acids is 1. The molecule has 132 valence electrons. The predicted molar refractivity (Wildman–Crippen MR) is 95.7 cm³/mol. The van der Waals surface area contributed by atoms with Gasteiger partial charge in [0.05, 0.1) is 13.2 Å². The number of carbonyl (C=O) groups is 1. The lowest BCUT2D eigenvalue weighted by Crippen LogP contribution is -2.42. The molecule has 4 nitrogen and oxygen atoms in total. The summed E-state index contributed by atoms with van der Waals surface area (Å²) in [5, 5.41) is 0. The van der Waals surface area contributed by atoms with Gasteiger partial charge in [-0.25, -0.2) is 0 Å². The van der Waals surface area contributed by atoms with Crippen molar-refractivity contribution in [3.63, 3.8) is 0 Å². The Morgan fingerprint density at radius 3 is 2.62 bits per heavy atom. The van der Waals surface area contributed by atoms with Crippen LogP contribution in [0, 0.1) is 11.3 Å². The molecule has 0 unspecified atom stereocenters. The van der Waals surface area contributed by atoms with E-state index in [9.17, 15) is 4.79 Å². The Kier molecular flexibility index (Phi) is 5.26. The predicted octanol–water partition coefficient (Wildman–Crippen LogP) is 2.95. The van der Waals surface area contributed by atoms with Crippen LogP contribution in [0.15, 0.2) is 30.3 Å². The fourth-order valence-corrected chi connectivity index (χ4v) is 4.09. The number of amides is 1. The van der Waals surface area contributed by atoms with E-state index in [1.807, 2.05) is 4.90 Å². The van der Waals surface area contributed by atoms with E-state index in [2.05, 4.69) is 56.0 Å². The molecule has 0 saturated carbocycles. The zero-order valence-electron chi connectivity index (χ0n) is 15.2. The molecule has 1 aromatic rings. The molecule has 0 radical (unpaired) electrons. The lowest BCUT2D eigenvalue weighted by Gasteiger charge is -2.35. The summed E-state index contributed by atoms with van der Waals surface area (Å²) in [6.45, 7) is 11.6. The number of likely N-dealkylation sites (tertiary alicyclic amines) is 1. The standard InChI is InChI=1S/C20H30N2O2/c1-16(2)12-22-14-20(11-19(22)23)13-21(9-10-24-15-20)17(3)18-7-5-4-6-8-18/h4-8,16-17H,9-15H2,1-3H3/t17-,20-/m1/s1. The number of benzene rings is 1. The molecule has 0 aromatic heterocycles. The van der Waals surface area contributed by atoms with Crippen molar-refractivity contribution in [1.82, 2.24) is 9.80 Å². The number of hydrogen-bond donors (Lipinski definition) is 0. The Morgan fingerprint density at radius 2 is 1.92 bits per heavy atom. The molecule has 0 bridgehead atoms. The van der Waals surface area contributed by atoms with Crippen LogP contribution in [0.5, 0.6) is 0 Å². The summed E-state index contributed by atoms with van der Waals surface area (Å²) in [5.41, 5.74) is 1.28. The van der Waals surface area contributed by atoms with Crippen molar-refractivity contribution in [2.24, 2.45) is 11.3 Å². The fourth-order valence-electron chi connectivity index (χ4n) is 4.09. The SMILES string of the molecule is CC(C)CN1C[C@@]2(COCCN([C@H](C)c3ccccc3)C2)CC1=O. The van der Waals surface area contributed by atoms with Crippen molar-refractivity contribution in [3.8, 4) is 0 Å². The first kappa shape index (κ1) is 17.4. The maximum Gasteiger partial charge on any atom is 0.223 e. The highest BCUT2D eigenvalue weighted by Crippen LogP contribution is 2.37. The van der Waals surface area contributed by atoms with E-state index in [0.717, 1.165) is 32.8 Å². The first-order valence-electron chi connectivity index (χ1n) is 9.14. The summed E-state index contributed by atoms with van der Waals surface area (Å²) in [4.78, 5) is 17.0. The molecule has 1 aromatic carbocycles. The molecule has 2 heterocycles. The summed E-state index contributed by atoms with van der Waals surface area (Å²) in [7, 11) is 0. The molecule has 1 amide bonds. The van der Waals surface area contributed by atoms with E-state index in [4.69, 9.17) is 4.74 Å². The molecular formula is C20H30N2O2. The Morgan fingerprint density at radius 1 is 1.17 bits per heavy atom. The van der Waals surface area contributed by atoms with E-state index in [1.165, 1.54) is 5.56 Å². The van der Waals surface area contributed by atoms with Crippen molar-refractivity contribution in [2.45, 2.75) is 33.2 Å². The molecule has 3 rings (SSSR count). The van der Waals surface area contributed by atoms with Gasteiger partial charge < -0.3 is 9.64 Å².